The van der Waals surface area contributed by atoms with Crippen LogP contribution >= 0.6 is 0 Å². The van der Waals surface area contributed by atoms with Gasteiger partial charge in [-0.3, -0.25) is 11.5 Å². The van der Waals surface area contributed by atoms with Crippen LogP contribution in [0.25, 0.3) is 6.08 Å². The number of nitrogens with zero attached hydrogens (tertiary/aromatic N) is 2. The molecule has 1 rings (SSSR count). The maximum absolute atomic E-state index is 5.31. The van der Waals surface area contributed by atoms with Crippen LogP contribution in [0, 0.1) is 0 Å². The Morgan fingerprint density at radius 1 is 1.27 bits per heavy atom. The van der Waals surface area contributed by atoms with Gasteiger partial charge in [-0.15, -0.1) is 9.79 Å². The number of nitrogens with two attached hydrogens (primary N) is 2. The average molecular weight is 203 g/mol. The summed E-state index contributed by atoms with van der Waals surface area (Å²) in [5.41, 5.74) is 11.7. The third kappa shape index (κ3) is 4.08. The molecule has 4 N–H and O–H groups in total. The number of hydrogen-bond acceptors (Lipinski definition) is 1. The molecule has 4 nitrogen and oxygen atoms in total. The molecule has 0 fully saturated rings. The summed E-state index contributed by atoms with van der Waals surface area (Å²) in [7, 11) is 1.68. The number of hydrazone groups is 1. The van der Waals surface area contributed by atoms with E-state index in [1.54, 1.807) is 13.3 Å². The number of hydrogen-bond donors (Lipinski definition) is 2. The Morgan fingerprint density at radius 3 is 2.53 bits per heavy atom. The zero-order valence-corrected chi connectivity index (χ0v) is 8.67. The maximum Gasteiger partial charge on any atom is 0.364 e. The Morgan fingerprint density at radius 2 is 1.93 bits per heavy atom. The molecule has 0 amide bonds. The first-order valence-electron chi connectivity index (χ1n) is 4.57. The summed E-state index contributed by atoms with van der Waals surface area (Å²) in [6, 6.07) is 9.96. The Kier molecular flexibility index (Phi) is 4.09. The molecule has 0 aliphatic rings. The minimum atomic E-state index is 0.166. The van der Waals surface area contributed by atoms with Crippen LogP contribution in [0.5, 0.6) is 0 Å². The van der Waals surface area contributed by atoms with Gasteiger partial charge in [-0.05, 0) is 11.6 Å². The van der Waals surface area contributed by atoms with Gasteiger partial charge in [-0.25, -0.2) is 0 Å². The third-order valence-corrected chi connectivity index (χ3v) is 1.79. The van der Waals surface area contributed by atoms with Crippen LogP contribution < -0.4 is 11.5 Å². The summed E-state index contributed by atoms with van der Waals surface area (Å²) in [5.74, 6) is 0.166. The maximum atomic E-state index is 5.31. The van der Waals surface area contributed by atoms with Crippen molar-refractivity contribution in [3.05, 3.63) is 42.0 Å². The van der Waals surface area contributed by atoms with E-state index in [9.17, 15) is 0 Å². The van der Waals surface area contributed by atoms with E-state index in [2.05, 4.69) is 5.10 Å². The zero-order valence-electron chi connectivity index (χ0n) is 8.67. The first kappa shape index (κ1) is 11.0. The van der Waals surface area contributed by atoms with Gasteiger partial charge in [-0.2, -0.15) is 0 Å². The minimum absolute atomic E-state index is 0.166. The van der Waals surface area contributed by atoms with Crippen LogP contribution in [0.3, 0.4) is 0 Å². The van der Waals surface area contributed by atoms with E-state index < -0.39 is 0 Å². The number of guanidine groups is 1. The van der Waals surface area contributed by atoms with Crippen LogP contribution in [-0.2, 0) is 0 Å². The van der Waals surface area contributed by atoms with Gasteiger partial charge in [0.25, 0.3) is 0 Å². The zero-order chi connectivity index (χ0) is 11.1. The molecule has 0 aromatic heterocycles. The molecule has 78 valence electrons. The lowest BCUT2D eigenvalue weighted by Gasteiger charge is -1.90. The van der Waals surface area contributed by atoms with E-state index in [1.165, 1.54) is 4.68 Å². The summed E-state index contributed by atoms with van der Waals surface area (Å²) in [5, 5.41) is 3.97. The predicted molar refractivity (Wildman–Crippen MR) is 63.5 cm³/mol. The van der Waals surface area contributed by atoms with Crippen molar-refractivity contribution in [1.29, 1.82) is 0 Å². The third-order valence-electron chi connectivity index (χ3n) is 1.79. The van der Waals surface area contributed by atoms with Crippen LogP contribution in [-0.4, -0.2) is 23.9 Å². The molecule has 1 aromatic carbocycles. The normalized spacial score (nSPS) is 11.0. The molecular weight excluding hydrogens is 188 g/mol. The molecule has 0 atom stereocenters. The molecule has 0 unspecified atom stereocenters. The van der Waals surface area contributed by atoms with Gasteiger partial charge in [0.15, 0.2) is 0 Å². The van der Waals surface area contributed by atoms with Crippen molar-refractivity contribution < 1.29 is 4.68 Å². The van der Waals surface area contributed by atoms with E-state index in [0.717, 1.165) is 5.56 Å². The molecule has 0 saturated carbocycles. The summed E-state index contributed by atoms with van der Waals surface area (Å²) < 4.78 is 1.40. The first-order chi connectivity index (χ1) is 7.20. The predicted octanol–water partition coefficient (Wildman–Crippen LogP) is 0.601. The van der Waals surface area contributed by atoms with E-state index in [-0.39, 0.29) is 5.96 Å². The second-order valence-corrected chi connectivity index (χ2v) is 2.98. The largest absolute Gasteiger partial charge is 0.364 e. The van der Waals surface area contributed by atoms with Gasteiger partial charge in [0.05, 0.1) is 13.3 Å². The minimum Gasteiger partial charge on any atom is -0.289 e. The van der Waals surface area contributed by atoms with E-state index in [1.807, 2.05) is 42.5 Å². The monoisotopic (exact) mass is 203 g/mol. The van der Waals surface area contributed by atoms with Gasteiger partial charge in [0, 0.05) is 0 Å². The van der Waals surface area contributed by atoms with Gasteiger partial charge in [0.2, 0.25) is 0 Å². The standard InChI is InChI=1S/C11H14N4/c1-15(11(12)13)14-9-5-8-10-6-3-2-4-7-10/h2-9H,1H3,(H3,12,13)/p+1/b8-5+,14-9-. The van der Waals surface area contributed by atoms with Crippen molar-refractivity contribution in [1.82, 2.24) is 0 Å². The number of allylic oxidation sites excluding steroid dienone is 1. The first-order valence-corrected chi connectivity index (χ1v) is 4.57. The molecule has 0 saturated heterocycles. The van der Waals surface area contributed by atoms with E-state index in [0.29, 0.717) is 0 Å². The molecule has 0 aliphatic carbocycles. The fraction of sp³-hybridized carbons (Fsp3) is 0.0909. The fourth-order valence-electron chi connectivity index (χ4n) is 0.923. The highest BCUT2D eigenvalue weighted by molar-refractivity contribution is 5.78. The highest BCUT2D eigenvalue weighted by Gasteiger charge is 1.89. The van der Waals surface area contributed by atoms with Crippen molar-refractivity contribution >= 4 is 18.3 Å². The van der Waals surface area contributed by atoms with Crippen LogP contribution in [0.2, 0.25) is 0 Å². The smallest absolute Gasteiger partial charge is 0.289 e. The topological polar surface area (TPSA) is 67.4 Å². The number of benzene rings is 1. The lowest BCUT2D eigenvalue weighted by atomic mass is 10.2. The van der Waals surface area contributed by atoms with Crippen molar-refractivity contribution in [2.24, 2.45) is 16.6 Å². The van der Waals surface area contributed by atoms with Crippen molar-refractivity contribution in [3.8, 4) is 0 Å². The quantitative estimate of drug-likeness (QED) is 0.327. The molecule has 15 heavy (non-hydrogen) atoms. The summed E-state index contributed by atoms with van der Waals surface area (Å²) in [6.45, 7) is 0. The second kappa shape index (κ2) is 5.59. The number of rotatable bonds is 3. The summed E-state index contributed by atoms with van der Waals surface area (Å²) in [4.78, 5) is 0. The molecule has 0 bridgehead atoms. The van der Waals surface area contributed by atoms with Crippen LogP contribution in [0.1, 0.15) is 5.56 Å². The Balaban J connectivity index is 2.58. The van der Waals surface area contributed by atoms with Crippen molar-refractivity contribution in [2.75, 3.05) is 7.05 Å². The molecular formula is C11H15N4+. The Labute approximate surface area is 89.2 Å². The average Bonchev–Trinajstić information content (AvgIpc) is 2.25. The van der Waals surface area contributed by atoms with E-state index >= 15 is 0 Å². The Bertz CT molecular complexity index is 386. The molecule has 0 radical (unpaired) electrons. The SMILES string of the molecule is C[N+](/N=C\C=C\c1ccccc1)=C(N)N. The summed E-state index contributed by atoms with van der Waals surface area (Å²) in [6.07, 6.45) is 5.41. The van der Waals surface area contributed by atoms with E-state index in [4.69, 9.17) is 11.5 Å². The highest BCUT2D eigenvalue weighted by Crippen LogP contribution is 1.99. The second-order valence-electron chi connectivity index (χ2n) is 2.98. The van der Waals surface area contributed by atoms with Crippen molar-refractivity contribution in [2.45, 2.75) is 0 Å². The molecule has 4 heteroatoms. The lowest BCUT2D eigenvalue weighted by Crippen LogP contribution is -2.31. The molecule has 0 heterocycles. The molecule has 1 aromatic rings. The summed E-state index contributed by atoms with van der Waals surface area (Å²) >= 11 is 0. The Hall–Kier alpha value is -2.10. The fourth-order valence-corrected chi connectivity index (χ4v) is 0.923. The van der Waals surface area contributed by atoms with Gasteiger partial charge in [-0.1, -0.05) is 36.4 Å². The van der Waals surface area contributed by atoms with Gasteiger partial charge >= 0.3 is 5.96 Å². The van der Waals surface area contributed by atoms with Gasteiger partial charge < -0.3 is 0 Å². The van der Waals surface area contributed by atoms with Crippen LogP contribution in [0.4, 0.5) is 0 Å². The van der Waals surface area contributed by atoms with Crippen molar-refractivity contribution in [3.63, 3.8) is 0 Å². The van der Waals surface area contributed by atoms with Crippen LogP contribution in [0.15, 0.2) is 41.5 Å². The molecule has 0 spiro atoms. The lowest BCUT2D eigenvalue weighted by molar-refractivity contribution is -0.503. The highest BCUT2D eigenvalue weighted by atomic mass is 15.4. The van der Waals surface area contributed by atoms with Gasteiger partial charge in [0.1, 0.15) is 0 Å². The molecule has 0 aliphatic heterocycles.